The summed E-state index contributed by atoms with van der Waals surface area (Å²) in [5.41, 5.74) is 4.80. The number of morpholine rings is 1. The summed E-state index contributed by atoms with van der Waals surface area (Å²) in [5.74, 6) is 0.947. The first-order valence-corrected chi connectivity index (χ1v) is 10.5. The molecular weight excluding hydrogens is 384 g/mol. The second-order valence-corrected chi connectivity index (χ2v) is 8.61. The standard InChI is InChI=1S/C21H22N6OS/c1-12-9-23-20(16-4-5-24-26-16)21-19(12)15(17-10-22-14(3)29-17)8-18(25-21)27-6-7-28-11-13(27)2/h4-5,8-10,13H,6-7,11H2,1-3H3,(H,24,26). The lowest BCUT2D eigenvalue weighted by molar-refractivity contribution is 0.0986. The Morgan fingerprint density at radius 1 is 1.24 bits per heavy atom. The summed E-state index contributed by atoms with van der Waals surface area (Å²) in [6.07, 6.45) is 5.61. The number of nitrogens with one attached hydrogen (secondary N) is 1. The summed E-state index contributed by atoms with van der Waals surface area (Å²) in [6, 6.07) is 4.39. The van der Waals surface area contributed by atoms with Crippen molar-refractivity contribution in [2.45, 2.75) is 26.8 Å². The number of hydrogen-bond acceptors (Lipinski definition) is 7. The number of ether oxygens (including phenoxy) is 1. The minimum absolute atomic E-state index is 0.262. The van der Waals surface area contributed by atoms with E-state index < -0.39 is 0 Å². The fourth-order valence-electron chi connectivity index (χ4n) is 3.87. The Kier molecular flexibility index (Phi) is 4.52. The molecule has 0 spiro atoms. The first kappa shape index (κ1) is 18.2. The maximum Gasteiger partial charge on any atom is 0.130 e. The summed E-state index contributed by atoms with van der Waals surface area (Å²) in [6.45, 7) is 8.52. The lowest BCUT2D eigenvalue weighted by Gasteiger charge is -2.34. The Morgan fingerprint density at radius 3 is 2.86 bits per heavy atom. The molecular formula is C21H22N6OS. The topological polar surface area (TPSA) is 79.8 Å². The van der Waals surface area contributed by atoms with Crippen molar-refractivity contribution < 1.29 is 4.74 Å². The van der Waals surface area contributed by atoms with Crippen molar-refractivity contribution in [2.75, 3.05) is 24.7 Å². The minimum Gasteiger partial charge on any atom is -0.377 e. The van der Waals surface area contributed by atoms with E-state index in [0.29, 0.717) is 13.2 Å². The number of H-pyrrole nitrogens is 1. The van der Waals surface area contributed by atoms with Gasteiger partial charge in [0.05, 0.1) is 34.8 Å². The summed E-state index contributed by atoms with van der Waals surface area (Å²) < 4.78 is 5.64. The number of hydrogen-bond donors (Lipinski definition) is 1. The zero-order valence-electron chi connectivity index (χ0n) is 16.6. The number of aryl methyl sites for hydroxylation is 2. The summed E-state index contributed by atoms with van der Waals surface area (Å²) in [5, 5.41) is 9.31. The molecule has 0 bridgehead atoms. The van der Waals surface area contributed by atoms with E-state index in [2.05, 4.69) is 40.0 Å². The van der Waals surface area contributed by atoms with Crippen LogP contribution >= 0.6 is 11.3 Å². The first-order valence-electron chi connectivity index (χ1n) is 9.69. The lowest BCUT2D eigenvalue weighted by Crippen LogP contribution is -2.44. The SMILES string of the molecule is Cc1ncc(-c2cc(N3CCOCC3C)nc3c(-c4ccn[nH]4)ncc(C)c23)s1. The van der Waals surface area contributed by atoms with Crippen LogP contribution in [0, 0.1) is 13.8 Å². The number of fused-ring (bicyclic) bond motifs is 1. The van der Waals surface area contributed by atoms with E-state index in [9.17, 15) is 0 Å². The van der Waals surface area contributed by atoms with Gasteiger partial charge in [-0.2, -0.15) is 5.10 Å². The molecule has 7 nitrogen and oxygen atoms in total. The molecule has 0 aliphatic carbocycles. The average Bonchev–Trinajstić information content (AvgIpc) is 3.40. The average molecular weight is 407 g/mol. The van der Waals surface area contributed by atoms with Gasteiger partial charge in [0, 0.05) is 36.1 Å². The minimum atomic E-state index is 0.262. The van der Waals surface area contributed by atoms with Crippen molar-refractivity contribution in [3.05, 3.63) is 41.3 Å². The third-order valence-corrected chi connectivity index (χ3v) is 6.26. The molecule has 1 N–H and O–H groups in total. The molecule has 5 heterocycles. The van der Waals surface area contributed by atoms with Gasteiger partial charge in [0.25, 0.3) is 0 Å². The molecule has 1 aliphatic rings. The Labute approximate surface area is 172 Å². The zero-order chi connectivity index (χ0) is 20.0. The molecule has 1 saturated heterocycles. The number of pyridine rings is 2. The third kappa shape index (κ3) is 3.18. The molecule has 0 aromatic carbocycles. The molecule has 4 aromatic rings. The molecule has 148 valence electrons. The number of aromatic amines is 1. The van der Waals surface area contributed by atoms with Crippen LogP contribution in [-0.2, 0) is 4.74 Å². The quantitative estimate of drug-likeness (QED) is 0.554. The molecule has 1 fully saturated rings. The van der Waals surface area contributed by atoms with E-state index in [0.717, 1.165) is 55.7 Å². The van der Waals surface area contributed by atoms with Gasteiger partial charge in [-0.05, 0) is 38.5 Å². The molecule has 0 radical (unpaired) electrons. The van der Waals surface area contributed by atoms with Gasteiger partial charge >= 0.3 is 0 Å². The van der Waals surface area contributed by atoms with Gasteiger partial charge in [-0.25, -0.2) is 9.97 Å². The number of anilines is 1. The van der Waals surface area contributed by atoms with Crippen LogP contribution in [0.25, 0.3) is 32.7 Å². The van der Waals surface area contributed by atoms with E-state index >= 15 is 0 Å². The number of rotatable bonds is 3. The van der Waals surface area contributed by atoms with E-state index in [1.54, 1.807) is 17.5 Å². The first-order chi connectivity index (χ1) is 14.1. The Hall–Kier alpha value is -2.84. The van der Waals surface area contributed by atoms with Gasteiger partial charge in [0.1, 0.15) is 17.0 Å². The summed E-state index contributed by atoms with van der Waals surface area (Å²) in [7, 11) is 0. The smallest absolute Gasteiger partial charge is 0.130 e. The van der Waals surface area contributed by atoms with Crippen LogP contribution < -0.4 is 4.90 Å². The predicted molar refractivity (Wildman–Crippen MR) is 115 cm³/mol. The third-order valence-electron chi connectivity index (χ3n) is 5.32. The van der Waals surface area contributed by atoms with E-state index in [1.807, 2.05) is 25.4 Å². The molecule has 4 aromatic heterocycles. The van der Waals surface area contributed by atoms with Crippen LogP contribution in [0.4, 0.5) is 5.82 Å². The van der Waals surface area contributed by atoms with Gasteiger partial charge in [-0.3, -0.25) is 10.1 Å². The fourth-order valence-corrected chi connectivity index (χ4v) is 4.67. The van der Waals surface area contributed by atoms with Crippen molar-refractivity contribution in [1.82, 2.24) is 25.1 Å². The summed E-state index contributed by atoms with van der Waals surface area (Å²) >= 11 is 1.70. The number of nitrogens with zero attached hydrogens (tertiary/aromatic N) is 5. The Morgan fingerprint density at radius 2 is 2.14 bits per heavy atom. The normalized spacial score (nSPS) is 17.2. The molecule has 0 saturated carbocycles. The van der Waals surface area contributed by atoms with Gasteiger partial charge in [0.15, 0.2) is 0 Å². The van der Waals surface area contributed by atoms with Gasteiger partial charge in [-0.1, -0.05) is 0 Å². The highest BCUT2D eigenvalue weighted by molar-refractivity contribution is 7.15. The van der Waals surface area contributed by atoms with Crippen molar-refractivity contribution in [1.29, 1.82) is 0 Å². The largest absolute Gasteiger partial charge is 0.377 e. The molecule has 29 heavy (non-hydrogen) atoms. The monoisotopic (exact) mass is 406 g/mol. The van der Waals surface area contributed by atoms with E-state index in [-0.39, 0.29) is 6.04 Å². The molecule has 1 atom stereocenters. The molecule has 0 amide bonds. The second kappa shape index (κ2) is 7.20. The molecule has 8 heteroatoms. The second-order valence-electron chi connectivity index (χ2n) is 7.37. The maximum atomic E-state index is 5.64. The highest BCUT2D eigenvalue weighted by atomic mass is 32.1. The Bertz CT molecular complexity index is 1170. The van der Waals surface area contributed by atoms with Crippen molar-refractivity contribution in [2.24, 2.45) is 0 Å². The van der Waals surface area contributed by atoms with Crippen molar-refractivity contribution in [3.8, 4) is 21.8 Å². The Balaban J connectivity index is 1.82. The van der Waals surface area contributed by atoms with Crippen LogP contribution in [-0.4, -0.2) is 50.9 Å². The number of aromatic nitrogens is 5. The molecule has 1 aliphatic heterocycles. The van der Waals surface area contributed by atoms with Crippen LogP contribution in [0.3, 0.4) is 0 Å². The number of thiazole rings is 1. The highest BCUT2D eigenvalue weighted by Gasteiger charge is 2.24. The van der Waals surface area contributed by atoms with E-state index in [1.165, 1.54) is 0 Å². The zero-order valence-corrected chi connectivity index (χ0v) is 17.5. The highest BCUT2D eigenvalue weighted by Crippen LogP contribution is 2.39. The lowest BCUT2D eigenvalue weighted by atomic mass is 10.0. The van der Waals surface area contributed by atoms with Gasteiger partial charge < -0.3 is 9.64 Å². The molecule has 1 unspecified atom stereocenters. The maximum absolute atomic E-state index is 5.64. The van der Waals surface area contributed by atoms with Crippen LogP contribution in [0.2, 0.25) is 0 Å². The van der Waals surface area contributed by atoms with Gasteiger partial charge in [0.2, 0.25) is 0 Å². The van der Waals surface area contributed by atoms with Crippen molar-refractivity contribution >= 4 is 28.1 Å². The fraction of sp³-hybridized carbons (Fsp3) is 0.333. The van der Waals surface area contributed by atoms with Crippen LogP contribution in [0.1, 0.15) is 17.5 Å². The predicted octanol–water partition coefficient (Wildman–Crippen LogP) is 3.99. The van der Waals surface area contributed by atoms with Crippen LogP contribution in [0.5, 0.6) is 0 Å². The summed E-state index contributed by atoms with van der Waals surface area (Å²) in [4.78, 5) is 17.8. The van der Waals surface area contributed by atoms with Gasteiger partial charge in [-0.15, -0.1) is 11.3 Å². The van der Waals surface area contributed by atoms with E-state index in [4.69, 9.17) is 14.7 Å². The molecule has 5 rings (SSSR count). The van der Waals surface area contributed by atoms with Crippen molar-refractivity contribution in [3.63, 3.8) is 0 Å². The van der Waals surface area contributed by atoms with Crippen LogP contribution in [0.15, 0.2) is 30.7 Å².